The van der Waals surface area contributed by atoms with Crippen LogP contribution in [-0.4, -0.2) is 52.5 Å². The number of carbonyl (C=O) groups is 2. The van der Waals surface area contributed by atoms with Crippen LogP contribution in [0, 0.1) is 0 Å². The second kappa shape index (κ2) is 7.31. The van der Waals surface area contributed by atoms with Crippen LogP contribution in [0.2, 0.25) is 0 Å². The minimum absolute atomic E-state index is 0.00128. The normalized spacial score (nSPS) is 26.8. The maximum atomic E-state index is 13.7. The molecular formula is C17H27F3N2O2. The van der Waals surface area contributed by atoms with E-state index in [9.17, 15) is 22.8 Å². The van der Waals surface area contributed by atoms with Crippen molar-refractivity contribution in [3.63, 3.8) is 0 Å². The first kappa shape index (κ1) is 19.1. The quantitative estimate of drug-likeness (QED) is 0.763. The second-order valence-corrected chi connectivity index (χ2v) is 7.03. The molecule has 0 spiro atoms. The summed E-state index contributed by atoms with van der Waals surface area (Å²) in [5.41, 5.74) is -2.02. The summed E-state index contributed by atoms with van der Waals surface area (Å²) in [5.74, 6) is -0.484. The zero-order chi connectivity index (χ0) is 18.0. The number of halogens is 3. The second-order valence-electron chi connectivity index (χ2n) is 7.03. The zero-order valence-corrected chi connectivity index (χ0v) is 14.5. The number of alkyl halides is 3. The van der Waals surface area contributed by atoms with E-state index in [1.165, 1.54) is 0 Å². The molecule has 0 aromatic carbocycles. The smallest absolute Gasteiger partial charge is 0.339 e. The molecule has 7 heteroatoms. The first-order valence-electron chi connectivity index (χ1n) is 8.89. The van der Waals surface area contributed by atoms with Gasteiger partial charge in [-0.15, -0.1) is 0 Å². The highest BCUT2D eigenvalue weighted by Gasteiger charge is 2.60. The fourth-order valence-corrected chi connectivity index (χ4v) is 4.12. The summed E-state index contributed by atoms with van der Waals surface area (Å²) in [6.45, 7) is 4.21. The van der Waals surface area contributed by atoms with Crippen molar-refractivity contribution in [3.8, 4) is 0 Å². The van der Waals surface area contributed by atoms with Gasteiger partial charge in [0.1, 0.15) is 5.54 Å². The maximum absolute atomic E-state index is 13.7. The lowest BCUT2D eigenvalue weighted by Gasteiger charge is -2.41. The Kier molecular flexibility index (Phi) is 5.81. The number of hydrogen-bond acceptors (Lipinski definition) is 2. The van der Waals surface area contributed by atoms with Crippen LogP contribution in [0.4, 0.5) is 13.2 Å². The minimum Gasteiger partial charge on any atom is -0.339 e. The Morgan fingerprint density at radius 3 is 2.54 bits per heavy atom. The first-order chi connectivity index (χ1) is 11.2. The fourth-order valence-electron chi connectivity index (χ4n) is 4.12. The van der Waals surface area contributed by atoms with Gasteiger partial charge in [0, 0.05) is 32.0 Å². The van der Waals surface area contributed by atoms with Gasteiger partial charge in [-0.3, -0.25) is 9.59 Å². The molecule has 0 aliphatic carbocycles. The summed E-state index contributed by atoms with van der Waals surface area (Å²) < 4.78 is 41.1. The number of piperidine rings is 1. The van der Waals surface area contributed by atoms with Crippen LogP contribution in [-0.2, 0) is 9.59 Å². The van der Waals surface area contributed by atoms with Gasteiger partial charge in [0.05, 0.1) is 0 Å². The average molecular weight is 348 g/mol. The van der Waals surface area contributed by atoms with E-state index in [1.807, 2.05) is 0 Å². The van der Waals surface area contributed by atoms with Crippen LogP contribution in [0.3, 0.4) is 0 Å². The molecule has 0 unspecified atom stereocenters. The Hall–Kier alpha value is -1.27. The van der Waals surface area contributed by atoms with Crippen molar-refractivity contribution in [3.05, 3.63) is 0 Å². The van der Waals surface area contributed by atoms with Gasteiger partial charge in [0.15, 0.2) is 0 Å². The number of rotatable bonds is 5. The molecule has 2 aliphatic heterocycles. The molecule has 0 aromatic rings. The number of hydrogen-bond donors (Lipinski definition) is 0. The van der Waals surface area contributed by atoms with E-state index < -0.39 is 17.6 Å². The summed E-state index contributed by atoms with van der Waals surface area (Å²) in [5, 5.41) is 0. The molecule has 2 aliphatic rings. The van der Waals surface area contributed by atoms with Gasteiger partial charge >= 0.3 is 6.18 Å². The van der Waals surface area contributed by atoms with Crippen LogP contribution in [0.25, 0.3) is 0 Å². The highest BCUT2D eigenvalue weighted by molar-refractivity contribution is 5.81. The molecule has 2 amide bonds. The standard InChI is InChI=1S/C17H27F3N2O2/c1-3-8-16(17(18,19)20)9-6-11-22(16)15(24)12-13(2)21-10-5-4-7-14(21)23/h13H,3-12H2,1-2H3/t13-,16+/m1/s1. The first-order valence-corrected chi connectivity index (χ1v) is 8.89. The number of likely N-dealkylation sites (tertiary alicyclic amines) is 2. The van der Waals surface area contributed by atoms with Gasteiger partial charge in [0.2, 0.25) is 11.8 Å². The van der Waals surface area contributed by atoms with Crippen molar-refractivity contribution in [1.82, 2.24) is 9.80 Å². The Balaban J connectivity index is 2.11. The molecule has 0 radical (unpaired) electrons. The Morgan fingerprint density at radius 1 is 1.25 bits per heavy atom. The number of nitrogens with zero attached hydrogens (tertiary/aromatic N) is 2. The summed E-state index contributed by atoms with van der Waals surface area (Å²) in [6, 6.07) is -0.349. The Morgan fingerprint density at radius 2 is 1.96 bits per heavy atom. The molecule has 0 N–H and O–H groups in total. The third-order valence-electron chi connectivity index (χ3n) is 5.34. The van der Waals surface area contributed by atoms with E-state index >= 15 is 0 Å². The van der Waals surface area contributed by atoms with Gasteiger partial charge in [-0.2, -0.15) is 13.2 Å². The third kappa shape index (κ3) is 3.54. The summed E-state index contributed by atoms with van der Waals surface area (Å²) in [4.78, 5) is 27.3. The van der Waals surface area contributed by atoms with E-state index in [0.29, 0.717) is 25.8 Å². The van der Waals surface area contributed by atoms with Gasteiger partial charge in [-0.1, -0.05) is 13.3 Å². The lowest BCUT2D eigenvalue weighted by molar-refractivity contribution is -0.226. The zero-order valence-electron chi connectivity index (χ0n) is 14.5. The predicted octanol–water partition coefficient (Wildman–Crippen LogP) is 3.50. The van der Waals surface area contributed by atoms with E-state index in [2.05, 4.69) is 0 Å². The molecule has 2 fully saturated rings. The van der Waals surface area contributed by atoms with Gasteiger partial charge in [-0.25, -0.2) is 0 Å². The van der Waals surface area contributed by atoms with Crippen LogP contribution < -0.4 is 0 Å². The van der Waals surface area contributed by atoms with Crippen molar-refractivity contribution in [1.29, 1.82) is 0 Å². The van der Waals surface area contributed by atoms with Crippen LogP contribution in [0.15, 0.2) is 0 Å². The van der Waals surface area contributed by atoms with Crippen molar-refractivity contribution >= 4 is 11.8 Å². The molecule has 2 atom stereocenters. The van der Waals surface area contributed by atoms with E-state index in [4.69, 9.17) is 0 Å². The molecule has 4 nitrogen and oxygen atoms in total. The minimum atomic E-state index is -4.42. The topological polar surface area (TPSA) is 40.6 Å². The molecule has 0 aromatic heterocycles. The molecule has 2 heterocycles. The summed E-state index contributed by atoms with van der Waals surface area (Å²) >= 11 is 0. The van der Waals surface area contributed by atoms with Crippen molar-refractivity contribution < 1.29 is 22.8 Å². The van der Waals surface area contributed by atoms with Crippen molar-refractivity contribution in [2.24, 2.45) is 0 Å². The lowest BCUT2D eigenvalue weighted by Crippen LogP contribution is -2.58. The monoisotopic (exact) mass is 348 g/mol. The third-order valence-corrected chi connectivity index (χ3v) is 5.34. The highest BCUT2D eigenvalue weighted by atomic mass is 19.4. The average Bonchev–Trinajstić information content (AvgIpc) is 2.93. The molecule has 0 bridgehead atoms. The molecule has 2 saturated heterocycles. The van der Waals surface area contributed by atoms with Crippen LogP contribution in [0.5, 0.6) is 0 Å². The van der Waals surface area contributed by atoms with Crippen LogP contribution in [0.1, 0.15) is 65.2 Å². The number of amides is 2. The summed E-state index contributed by atoms with van der Waals surface area (Å²) in [7, 11) is 0. The van der Waals surface area contributed by atoms with E-state index in [-0.39, 0.29) is 37.8 Å². The van der Waals surface area contributed by atoms with Gasteiger partial charge in [0.25, 0.3) is 0 Å². The van der Waals surface area contributed by atoms with E-state index in [1.54, 1.807) is 18.7 Å². The van der Waals surface area contributed by atoms with E-state index in [0.717, 1.165) is 17.7 Å². The van der Waals surface area contributed by atoms with Crippen molar-refractivity contribution in [2.75, 3.05) is 13.1 Å². The summed E-state index contributed by atoms with van der Waals surface area (Å²) in [6.07, 6.45) is -1.58. The fraction of sp³-hybridized carbons (Fsp3) is 0.882. The molecule has 0 saturated carbocycles. The Labute approximate surface area is 141 Å². The van der Waals surface area contributed by atoms with Gasteiger partial charge < -0.3 is 9.80 Å². The maximum Gasteiger partial charge on any atom is 0.411 e. The Bertz CT molecular complexity index is 481. The molecule has 138 valence electrons. The highest BCUT2D eigenvalue weighted by Crippen LogP contribution is 2.46. The molecule has 24 heavy (non-hydrogen) atoms. The lowest BCUT2D eigenvalue weighted by atomic mass is 9.89. The van der Waals surface area contributed by atoms with Gasteiger partial charge in [-0.05, 0) is 39.0 Å². The molecule has 2 rings (SSSR count). The largest absolute Gasteiger partial charge is 0.411 e. The predicted molar refractivity (Wildman–Crippen MR) is 84.3 cm³/mol. The SMILES string of the molecule is CCC[C@@]1(C(F)(F)F)CCCN1C(=O)C[C@@H](C)N1CCCCC1=O. The van der Waals surface area contributed by atoms with Crippen molar-refractivity contribution in [2.45, 2.75) is 83.0 Å². The number of carbonyl (C=O) groups excluding carboxylic acids is 2. The molecular weight excluding hydrogens is 321 g/mol. The van der Waals surface area contributed by atoms with Crippen LogP contribution >= 0.6 is 0 Å².